The zero-order chi connectivity index (χ0) is 44.1. The molecule has 1 aliphatic rings. The predicted octanol–water partition coefficient (Wildman–Crippen LogP) is 10.2. The molecule has 1 rings (SSSR count). The van der Waals surface area contributed by atoms with Crippen LogP contribution in [0.2, 0.25) is 0 Å². The summed E-state index contributed by atoms with van der Waals surface area (Å²) in [6.45, 7) is 3.46. The topological polar surface area (TPSA) is 192 Å². The van der Waals surface area contributed by atoms with Crippen molar-refractivity contribution in [3.63, 3.8) is 0 Å². The first-order valence-corrected chi connectivity index (χ1v) is 26.3. The van der Waals surface area contributed by atoms with E-state index in [-0.39, 0.29) is 12.5 Å². The summed E-state index contributed by atoms with van der Waals surface area (Å²) in [5, 5.41) is 44.9. The number of hydrogen-bond donors (Lipinski definition) is 6. The lowest BCUT2D eigenvalue weighted by Crippen LogP contribution is -2.61. The van der Waals surface area contributed by atoms with Crippen molar-refractivity contribution in [1.29, 1.82) is 0 Å². The zero-order valence-corrected chi connectivity index (χ0v) is 39.1. The van der Waals surface area contributed by atoms with Gasteiger partial charge in [-0.25, -0.2) is 4.18 Å². The van der Waals surface area contributed by atoms with Crippen LogP contribution in [0.1, 0.15) is 239 Å². The number of aliphatic hydroxyl groups is 4. The monoisotopic (exact) mass is 880 g/mol. The van der Waals surface area contributed by atoms with Crippen LogP contribution >= 0.6 is 0 Å². The highest BCUT2D eigenvalue weighted by Crippen LogP contribution is 2.26. The fourth-order valence-corrected chi connectivity index (χ4v) is 8.79. The standard InChI is InChI=1S/C47H93NO11S/c1-3-5-7-9-11-13-15-17-18-19-20-21-22-23-24-25-27-29-31-33-35-37-43(51)48-40(41(50)36-34-32-30-28-26-16-14-12-10-8-6-4-2)39-57-47-45(53)46(59-60(54,55)56)44(52)42(38-49)58-47/h40-42,44-47,49-50,52-53H,3-39H2,1-2H3,(H,48,51)(H,54,55,56). The summed E-state index contributed by atoms with van der Waals surface area (Å²) < 4.78 is 47.7. The summed E-state index contributed by atoms with van der Waals surface area (Å²) in [4.78, 5) is 13.1. The molecule has 12 nitrogen and oxygen atoms in total. The van der Waals surface area contributed by atoms with Crippen molar-refractivity contribution in [2.45, 2.75) is 281 Å². The van der Waals surface area contributed by atoms with Crippen molar-refractivity contribution in [3.8, 4) is 0 Å². The third-order valence-electron chi connectivity index (χ3n) is 12.2. The van der Waals surface area contributed by atoms with Gasteiger partial charge in [-0.3, -0.25) is 9.35 Å². The highest BCUT2D eigenvalue weighted by molar-refractivity contribution is 7.80. The molecule has 1 fully saturated rings. The van der Waals surface area contributed by atoms with E-state index in [9.17, 15) is 38.2 Å². The minimum absolute atomic E-state index is 0.225. The van der Waals surface area contributed by atoms with Gasteiger partial charge in [-0.05, 0) is 12.8 Å². The number of rotatable bonds is 43. The Morgan fingerprint density at radius 3 is 1.33 bits per heavy atom. The van der Waals surface area contributed by atoms with Gasteiger partial charge >= 0.3 is 10.4 Å². The quantitative estimate of drug-likeness (QED) is 0.0252. The molecule has 0 aromatic heterocycles. The predicted molar refractivity (Wildman–Crippen MR) is 241 cm³/mol. The second-order valence-electron chi connectivity index (χ2n) is 17.8. The molecule has 13 heteroatoms. The third kappa shape index (κ3) is 31.0. The van der Waals surface area contributed by atoms with E-state index in [1.165, 1.54) is 161 Å². The van der Waals surface area contributed by atoms with Crippen molar-refractivity contribution in [2.24, 2.45) is 0 Å². The molecule has 1 heterocycles. The van der Waals surface area contributed by atoms with Gasteiger partial charge in [0.2, 0.25) is 5.91 Å². The van der Waals surface area contributed by atoms with Crippen LogP contribution in [0, 0.1) is 0 Å². The van der Waals surface area contributed by atoms with Crippen molar-refractivity contribution in [2.75, 3.05) is 13.2 Å². The van der Waals surface area contributed by atoms with E-state index >= 15 is 0 Å². The van der Waals surface area contributed by atoms with E-state index in [0.717, 1.165) is 51.4 Å². The van der Waals surface area contributed by atoms with Gasteiger partial charge in [0.05, 0.1) is 25.4 Å². The number of ether oxygens (including phenoxy) is 2. The van der Waals surface area contributed by atoms with E-state index in [2.05, 4.69) is 23.3 Å². The molecular weight excluding hydrogens is 787 g/mol. The summed E-state index contributed by atoms with van der Waals surface area (Å²) in [5.41, 5.74) is 0. The summed E-state index contributed by atoms with van der Waals surface area (Å²) in [6, 6.07) is -0.851. The molecule has 1 amide bonds. The smallest absolute Gasteiger partial charge is 0.394 e. The van der Waals surface area contributed by atoms with Crippen LogP contribution in [0.15, 0.2) is 0 Å². The number of unbranched alkanes of at least 4 members (excludes halogenated alkanes) is 31. The lowest BCUT2D eigenvalue weighted by Gasteiger charge is -2.41. The number of aliphatic hydroxyl groups excluding tert-OH is 4. The molecule has 1 saturated heterocycles. The first kappa shape index (κ1) is 57.1. The number of carbonyl (C=O) groups is 1. The van der Waals surface area contributed by atoms with E-state index in [4.69, 9.17) is 9.47 Å². The maximum absolute atomic E-state index is 13.1. The van der Waals surface area contributed by atoms with Gasteiger partial charge in [0.15, 0.2) is 6.29 Å². The minimum atomic E-state index is -5.07. The molecule has 0 aromatic rings. The van der Waals surface area contributed by atoms with Gasteiger partial charge < -0.3 is 35.2 Å². The van der Waals surface area contributed by atoms with Crippen LogP contribution < -0.4 is 5.32 Å². The lowest BCUT2D eigenvalue weighted by molar-refractivity contribution is -0.298. The molecule has 0 saturated carbocycles. The third-order valence-corrected chi connectivity index (χ3v) is 12.6. The number of amides is 1. The maximum atomic E-state index is 13.1. The molecule has 0 spiro atoms. The fraction of sp³-hybridized carbons (Fsp3) is 0.979. The normalized spacial score (nSPS) is 20.7. The molecule has 60 heavy (non-hydrogen) atoms. The number of hydrogen-bond acceptors (Lipinski definition) is 10. The van der Waals surface area contributed by atoms with Crippen molar-refractivity contribution >= 4 is 16.3 Å². The first-order chi connectivity index (χ1) is 29.0. The highest BCUT2D eigenvalue weighted by Gasteiger charge is 2.48. The second-order valence-corrected chi connectivity index (χ2v) is 18.8. The molecule has 1 aliphatic heterocycles. The number of nitrogens with one attached hydrogen (secondary N) is 1. The van der Waals surface area contributed by atoms with E-state index < -0.39 is 59.9 Å². The fourth-order valence-electron chi connectivity index (χ4n) is 8.28. The van der Waals surface area contributed by atoms with Crippen molar-refractivity contribution < 1.29 is 51.8 Å². The van der Waals surface area contributed by atoms with Crippen LogP contribution in [0.4, 0.5) is 0 Å². The Hall–Kier alpha value is -0.900. The highest BCUT2D eigenvalue weighted by atomic mass is 32.3. The Morgan fingerprint density at radius 1 is 0.600 bits per heavy atom. The molecule has 7 unspecified atom stereocenters. The van der Waals surface area contributed by atoms with Crippen LogP contribution in [0.25, 0.3) is 0 Å². The summed E-state index contributed by atoms with van der Waals surface area (Å²) in [6.07, 6.45) is 32.5. The molecule has 358 valence electrons. The molecule has 0 radical (unpaired) electrons. The van der Waals surface area contributed by atoms with Crippen LogP contribution in [-0.4, -0.2) is 95.4 Å². The molecule has 0 aliphatic carbocycles. The largest absolute Gasteiger partial charge is 0.397 e. The number of carbonyl (C=O) groups excluding carboxylic acids is 1. The zero-order valence-electron chi connectivity index (χ0n) is 38.3. The van der Waals surface area contributed by atoms with Crippen LogP contribution in [-0.2, 0) is 28.9 Å². The first-order valence-electron chi connectivity index (χ1n) is 24.9. The summed E-state index contributed by atoms with van der Waals surface area (Å²) >= 11 is 0. The molecule has 0 aromatic carbocycles. The van der Waals surface area contributed by atoms with Gasteiger partial charge in [-0.1, -0.05) is 219 Å². The Bertz CT molecular complexity index is 1080. The summed E-state index contributed by atoms with van der Waals surface area (Å²) in [5.74, 6) is -0.225. The molecular formula is C47H93NO11S. The van der Waals surface area contributed by atoms with Gasteiger partial charge in [0, 0.05) is 6.42 Å². The SMILES string of the molecule is CCCCCCCCCCCCCCCCCCCCCCCC(=O)NC(COC1OC(CO)C(O)C(OS(=O)(=O)O)C1O)C(O)CCCCCCCCCCCCCC. The average Bonchev–Trinajstić information content (AvgIpc) is 3.22. The van der Waals surface area contributed by atoms with Gasteiger partial charge in [-0.2, -0.15) is 8.42 Å². The lowest BCUT2D eigenvalue weighted by atomic mass is 9.99. The Labute approximate surface area is 367 Å². The van der Waals surface area contributed by atoms with E-state index in [0.29, 0.717) is 12.8 Å². The second kappa shape index (κ2) is 38.5. The van der Waals surface area contributed by atoms with Gasteiger partial charge in [0.25, 0.3) is 0 Å². The molecule has 0 bridgehead atoms. The maximum Gasteiger partial charge on any atom is 0.397 e. The average molecular weight is 880 g/mol. The Kier molecular flexibility index (Phi) is 36.7. The van der Waals surface area contributed by atoms with Crippen molar-refractivity contribution in [1.82, 2.24) is 5.32 Å². The van der Waals surface area contributed by atoms with Crippen LogP contribution in [0.3, 0.4) is 0 Å². The minimum Gasteiger partial charge on any atom is -0.394 e. The molecule has 7 atom stereocenters. The molecule has 6 N–H and O–H groups in total. The van der Waals surface area contributed by atoms with E-state index in [1.54, 1.807) is 0 Å². The van der Waals surface area contributed by atoms with Crippen LogP contribution in [0.5, 0.6) is 0 Å². The Morgan fingerprint density at radius 2 is 0.967 bits per heavy atom. The van der Waals surface area contributed by atoms with Crippen molar-refractivity contribution in [3.05, 3.63) is 0 Å². The summed E-state index contributed by atoms with van der Waals surface area (Å²) in [7, 11) is -5.07. The van der Waals surface area contributed by atoms with Gasteiger partial charge in [-0.15, -0.1) is 0 Å². The van der Waals surface area contributed by atoms with Gasteiger partial charge in [0.1, 0.15) is 24.4 Å². The van der Waals surface area contributed by atoms with E-state index in [1.807, 2.05) is 0 Å². The Balaban J connectivity index is 2.39.